The third-order valence-electron chi connectivity index (χ3n) is 8.34. The molecule has 2 aliphatic rings. The fraction of sp³-hybridized carbons (Fsp3) is 0.189. The molecule has 248 valence electrons. The molecule has 2 N–H and O–H groups in total. The van der Waals surface area contributed by atoms with Crippen LogP contribution in [-0.4, -0.2) is 43.7 Å². The Morgan fingerprint density at radius 1 is 0.917 bits per heavy atom. The summed E-state index contributed by atoms with van der Waals surface area (Å²) in [6.45, 7) is 6.19. The van der Waals surface area contributed by atoms with Crippen LogP contribution in [-0.2, 0) is 36.2 Å². The van der Waals surface area contributed by atoms with Crippen LogP contribution < -0.4 is 4.90 Å². The van der Waals surface area contributed by atoms with Crippen LogP contribution >= 0.6 is 0 Å². The number of carboxylic acid groups (broad SMARTS) is 1. The van der Waals surface area contributed by atoms with Crippen LogP contribution in [0, 0.1) is 6.92 Å². The molecule has 1 aliphatic heterocycles. The van der Waals surface area contributed by atoms with E-state index in [-0.39, 0.29) is 17.8 Å². The van der Waals surface area contributed by atoms with Gasteiger partial charge in [0.25, 0.3) is 0 Å². The molecule has 0 fully saturated rings. The number of nitrogens with zero attached hydrogens (tertiary/aromatic N) is 1. The van der Waals surface area contributed by atoms with Crippen molar-refractivity contribution in [3.05, 3.63) is 141 Å². The summed E-state index contributed by atoms with van der Waals surface area (Å²) in [6, 6.07) is 29.2. The Morgan fingerprint density at radius 3 is 2.10 bits per heavy atom. The van der Waals surface area contributed by atoms with Crippen molar-refractivity contribution in [2.24, 2.45) is 0 Å². The van der Waals surface area contributed by atoms with Crippen LogP contribution in [0.4, 0.5) is 9.57 Å². The zero-order valence-electron chi connectivity index (χ0n) is 26.7. The predicted molar refractivity (Wildman–Crippen MR) is 181 cm³/mol. The van der Waals surface area contributed by atoms with E-state index in [1.54, 1.807) is 0 Å². The minimum atomic E-state index is -5.17. The first-order valence-electron chi connectivity index (χ1n) is 15.1. The summed E-state index contributed by atoms with van der Waals surface area (Å²) in [4.78, 5) is 29.4. The summed E-state index contributed by atoms with van der Waals surface area (Å²) in [6.07, 6.45) is 0. The molecule has 1 unspecified atom stereocenters. The minimum absolute atomic E-state index is 0.0752. The van der Waals surface area contributed by atoms with Crippen LogP contribution in [0.2, 0.25) is 0 Å². The van der Waals surface area contributed by atoms with Gasteiger partial charge in [-0.15, -0.1) is 0 Å². The average molecular weight is 672 g/mol. The number of carboxylic acids is 1. The molecule has 48 heavy (non-hydrogen) atoms. The summed E-state index contributed by atoms with van der Waals surface area (Å²) < 4.78 is 46.2. The molecule has 0 radical (unpaired) electrons. The van der Waals surface area contributed by atoms with E-state index < -0.39 is 28.4 Å². The summed E-state index contributed by atoms with van der Waals surface area (Å²) in [5, 5.41) is 12.9. The van der Waals surface area contributed by atoms with Gasteiger partial charge in [0.05, 0.1) is 23.6 Å². The molecule has 4 aromatic rings. The number of halogens is 1. The molecule has 4 aromatic carbocycles. The molecule has 0 spiro atoms. The van der Waals surface area contributed by atoms with Crippen molar-refractivity contribution in [1.82, 2.24) is 0 Å². The van der Waals surface area contributed by atoms with Gasteiger partial charge in [0.15, 0.2) is 0 Å². The first-order valence-corrected chi connectivity index (χ1v) is 16.4. The number of fused-ring (bicyclic) bond motifs is 3. The quantitative estimate of drug-likeness (QED) is 0.118. The molecule has 1 aliphatic carbocycles. The number of carbonyl (C=O) groups excluding carboxylic acids is 1. The first-order chi connectivity index (χ1) is 22.8. The highest BCUT2D eigenvalue weighted by molar-refractivity contribution is 7.80. The molecule has 1 heterocycles. The first kappa shape index (κ1) is 34.1. The van der Waals surface area contributed by atoms with Gasteiger partial charge in [-0.05, 0) is 59.9 Å². The topological polar surface area (TPSA) is 130 Å². The van der Waals surface area contributed by atoms with Crippen LogP contribution in [0.15, 0.2) is 119 Å². The maximum atomic E-state index is 14.1. The number of aryl methyl sites for hydroxylation is 1. The lowest BCUT2D eigenvalue weighted by molar-refractivity contribution is -0.140. The highest BCUT2D eigenvalue weighted by atomic mass is 32.3. The molecule has 0 amide bonds. The fourth-order valence-corrected chi connectivity index (χ4v) is 6.54. The van der Waals surface area contributed by atoms with Gasteiger partial charge in [-0.3, -0.25) is 4.55 Å². The Kier molecular flexibility index (Phi) is 9.83. The second kappa shape index (κ2) is 13.8. The van der Waals surface area contributed by atoms with E-state index in [9.17, 15) is 18.6 Å². The van der Waals surface area contributed by atoms with Crippen molar-refractivity contribution in [2.75, 3.05) is 18.6 Å². The summed E-state index contributed by atoms with van der Waals surface area (Å²) in [5.41, 5.74) is 6.26. The fourth-order valence-electron chi connectivity index (χ4n) is 6.54. The molecule has 11 heteroatoms. The summed E-state index contributed by atoms with van der Waals surface area (Å²) >= 11 is 0. The number of likely N-dealkylation sites (N-methyl/N-ethyl adjacent to an activating group) is 1. The predicted octanol–water partition coefficient (Wildman–Crippen LogP) is 7.30. The third kappa shape index (κ3) is 6.73. The van der Waals surface area contributed by atoms with Crippen LogP contribution in [0.5, 0.6) is 0 Å². The Balaban J connectivity index is 0.000000840. The molecule has 0 saturated heterocycles. The van der Waals surface area contributed by atoms with Gasteiger partial charge < -0.3 is 19.5 Å². The average Bonchev–Trinajstić information content (AvgIpc) is 3.04. The monoisotopic (exact) mass is 671 g/mol. The van der Waals surface area contributed by atoms with E-state index in [0.29, 0.717) is 29.2 Å². The zero-order chi connectivity index (χ0) is 34.7. The molecule has 9 nitrogen and oxygen atoms in total. The lowest BCUT2D eigenvalue weighted by Crippen LogP contribution is -2.35. The van der Waals surface area contributed by atoms with Crippen molar-refractivity contribution in [1.29, 1.82) is 0 Å². The standard InChI is InChI=1S/C37H33NO5.FHO3S/c1-5-42-35-23(3)29(25-16-10-7-11-17-25)31-30(36(39)40)28-20-26-18-12-13-19-27(26)22(2)33(28)38(4)34(31)32(35)37(41)43-21-24-14-8-6-9-15-24;1-5(2,3)4/h6-20,29H,5,21H2,1-4H3,(H,39,40);(H,2,3,4). The number of anilines is 1. The number of allylic oxidation sites excluding steroid dienone is 2. The van der Waals surface area contributed by atoms with Gasteiger partial charge >= 0.3 is 22.4 Å². The third-order valence-corrected chi connectivity index (χ3v) is 8.34. The molecule has 0 aromatic heterocycles. The Morgan fingerprint density at radius 2 is 1.50 bits per heavy atom. The number of benzene rings is 4. The number of ether oxygens (including phenoxy) is 2. The van der Waals surface area contributed by atoms with Crippen molar-refractivity contribution < 1.29 is 41.0 Å². The van der Waals surface area contributed by atoms with Gasteiger partial charge in [0, 0.05) is 24.1 Å². The Hall–Kier alpha value is -5.26. The second-order valence-corrected chi connectivity index (χ2v) is 12.1. The van der Waals surface area contributed by atoms with Crippen molar-refractivity contribution in [3.63, 3.8) is 0 Å². The van der Waals surface area contributed by atoms with E-state index in [4.69, 9.17) is 22.4 Å². The number of carbonyl (C=O) groups is 2. The minimum Gasteiger partial charge on any atom is -0.493 e. The maximum Gasteiger partial charge on any atom is 0.435 e. The largest absolute Gasteiger partial charge is 0.493 e. The van der Waals surface area contributed by atoms with Crippen molar-refractivity contribution >= 4 is 44.5 Å². The molecular weight excluding hydrogens is 637 g/mol. The van der Waals surface area contributed by atoms with Gasteiger partial charge in [-0.2, -0.15) is 8.42 Å². The van der Waals surface area contributed by atoms with Gasteiger partial charge in [-0.1, -0.05) is 88.8 Å². The van der Waals surface area contributed by atoms with Crippen LogP contribution in [0.25, 0.3) is 16.3 Å². The molecule has 0 bridgehead atoms. The van der Waals surface area contributed by atoms with Crippen molar-refractivity contribution in [2.45, 2.75) is 33.3 Å². The van der Waals surface area contributed by atoms with Crippen LogP contribution in [0.3, 0.4) is 0 Å². The second-order valence-electron chi connectivity index (χ2n) is 11.3. The highest BCUT2D eigenvalue weighted by Gasteiger charge is 2.45. The number of aliphatic carboxylic acids is 1. The molecule has 6 rings (SSSR count). The lowest BCUT2D eigenvalue weighted by atomic mass is 9.72. The van der Waals surface area contributed by atoms with E-state index in [1.807, 2.05) is 124 Å². The summed E-state index contributed by atoms with van der Waals surface area (Å²) in [7, 11) is -3.27. The number of hydrogen-bond acceptors (Lipinski definition) is 7. The normalized spacial score (nSPS) is 15.8. The van der Waals surface area contributed by atoms with E-state index >= 15 is 0 Å². The van der Waals surface area contributed by atoms with Gasteiger partial charge in [0.2, 0.25) is 0 Å². The number of rotatable bonds is 7. The Labute approximate surface area is 278 Å². The smallest absolute Gasteiger partial charge is 0.435 e. The van der Waals surface area contributed by atoms with E-state index in [0.717, 1.165) is 38.7 Å². The van der Waals surface area contributed by atoms with Crippen LogP contribution in [0.1, 0.15) is 42.0 Å². The maximum absolute atomic E-state index is 14.1. The van der Waals surface area contributed by atoms with Crippen molar-refractivity contribution in [3.8, 4) is 0 Å². The zero-order valence-corrected chi connectivity index (χ0v) is 27.5. The molecular formula is C37H34FNO8S. The van der Waals surface area contributed by atoms with E-state index in [2.05, 4.69) is 0 Å². The van der Waals surface area contributed by atoms with Gasteiger partial charge in [-0.25, -0.2) is 9.59 Å². The highest BCUT2D eigenvalue weighted by Crippen LogP contribution is 2.54. The van der Waals surface area contributed by atoms with E-state index in [1.165, 1.54) is 0 Å². The Bertz CT molecular complexity index is 2100. The molecule has 1 atom stereocenters. The lowest BCUT2D eigenvalue weighted by Gasteiger charge is -2.42. The summed E-state index contributed by atoms with van der Waals surface area (Å²) in [5.74, 6) is -1.66. The van der Waals surface area contributed by atoms with Gasteiger partial charge in [0.1, 0.15) is 17.9 Å². The SMILES string of the molecule is CCOC1=C(C)C(c2ccccc2)C2=C(C(=O)O)c3cc4ccccc4c(C)c3N(C)C2=C1C(=O)OCc1ccccc1.O=S(=O)(O)F. The number of hydrogen-bond donors (Lipinski definition) is 2. The number of esters is 1. The molecule has 0 saturated carbocycles.